The van der Waals surface area contributed by atoms with Crippen LogP contribution in [0.1, 0.15) is 25.3 Å². The molecule has 3 amide bonds. The van der Waals surface area contributed by atoms with Crippen molar-refractivity contribution in [1.29, 1.82) is 0 Å². The van der Waals surface area contributed by atoms with E-state index in [4.69, 9.17) is 4.52 Å². The van der Waals surface area contributed by atoms with Crippen LogP contribution in [0.3, 0.4) is 0 Å². The molecular formula is C12H17N3O3S. The molecule has 1 aliphatic heterocycles. The number of hydrogen-bond donors (Lipinski definition) is 1. The van der Waals surface area contributed by atoms with Crippen molar-refractivity contribution >= 4 is 23.7 Å². The molecule has 7 heteroatoms. The van der Waals surface area contributed by atoms with Crippen molar-refractivity contribution in [3.8, 4) is 0 Å². The van der Waals surface area contributed by atoms with Crippen LogP contribution in [0.5, 0.6) is 0 Å². The molecule has 104 valence electrons. The van der Waals surface area contributed by atoms with Crippen molar-refractivity contribution in [1.82, 2.24) is 15.4 Å². The molecule has 0 aliphatic carbocycles. The lowest BCUT2D eigenvalue weighted by Crippen LogP contribution is -2.40. The van der Waals surface area contributed by atoms with Crippen LogP contribution in [0.15, 0.2) is 10.6 Å². The first-order valence-electron chi connectivity index (χ1n) is 6.04. The van der Waals surface area contributed by atoms with Crippen LogP contribution in [0.25, 0.3) is 0 Å². The zero-order valence-electron chi connectivity index (χ0n) is 11.2. The van der Waals surface area contributed by atoms with Gasteiger partial charge in [0.05, 0.1) is 11.4 Å². The second kappa shape index (κ2) is 5.24. The summed E-state index contributed by atoms with van der Waals surface area (Å²) in [5.74, 6) is 2.00. The van der Waals surface area contributed by atoms with Crippen LogP contribution in [0.4, 0.5) is 4.79 Å². The Morgan fingerprint density at radius 1 is 1.47 bits per heavy atom. The van der Waals surface area contributed by atoms with Gasteiger partial charge in [-0.1, -0.05) is 5.16 Å². The van der Waals surface area contributed by atoms with E-state index < -0.39 is 5.54 Å². The van der Waals surface area contributed by atoms with Gasteiger partial charge in [-0.2, -0.15) is 11.8 Å². The van der Waals surface area contributed by atoms with Gasteiger partial charge in [0.2, 0.25) is 0 Å². The molecule has 0 aromatic carbocycles. The minimum absolute atomic E-state index is 0.173. The summed E-state index contributed by atoms with van der Waals surface area (Å²) in [7, 11) is 0. The Balaban J connectivity index is 1.77. The molecule has 1 fully saturated rings. The van der Waals surface area contributed by atoms with Crippen molar-refractivity contribution in [2.45, 2.75) is 32.1 Å². The summed E-state index contributed by atoms with van der Waals surface area (Å²) in [4.78, 5) is 24.8. The highest BCUT2D eigenvalue weighted by atomic mass is 32.2. The van der Waals surface area contributed by atoms with Crippen molar-refractivity contribution in [2.75, 3.05) is 12.3 Å². The van der Waals surface area contributed by atoms with E-state index >= 15 is 0 Å². The maximum Gasteiger partial charge on any atom is 0.325 e. The molecule has 1 aliphatic rings. The van der Waals surface area contributed by atoms with Crippen molar-refractivity contribution in [3.63, 3.8) is 0 Å². The van der Waals surface area contributed by atoms with Gasteiger partial charge in [-0.3, -0.25) is 9.69 Å². The third-order valence-electron chi connectivity index (χ3n) is 2.82. The fourth-order valence-corrected chi connectivity index (χ4v) is 2.63. The third kappa shape index (κ3) is 3.09. The second-order valence-electron chi connectivity index (χ2n) is 5.00. The number of thioether (sulfide) groups is 1. The molecule has 0 saturated carbocycles. The lowest BCUT2D eigenvalue weighted by atomic mass is 10.1. The van der Waals surface area contributed by atoms with Crippen LogP contribution >= 0.6 is 11.8 Å². The Bertz CT molecular complexity index is 498. The Labute approximate surface area is 115 Å². The number of aryl methyl sites for hydroxylation is 1. The summed E-state index contributed by atoms with van der Waals surface area (Å²) in [5.41, 5.74) is 0.0653. The molecule has 19 heavy (non-hydrogen) atoms. The molecule has 6 nitrogen and oxygen atoms in total. The summed E-state index contributed by atoms with van der Waals surface area (Å²) in [5, 5.41) is 6.45. The van der Waals surface area contributed by atoms with Crippen molar-refractivity contribution in [2.24, 2.45) is 0 Å². The van der Waals surface area contributed by atoms with E-state index in [9.17, 15) is 9.59 Å². The zero-order valence-corrected chi connectivity index (χ0v) is 12.0. The number of rotatable bonds is 5. The molecule has 0 spiro atoms. The molecule has 2 heterocycles. The summed E-state index contributed by atoms with van der Waals surface area (Å²) < 4.78 is 5.08. The molecular weight excluding hydrogens is 266 g/mol. The minimum Gasteiger partial charge on any atom is -0.360 e. The number of aromatic nitrogens is 1. The van der Waals surface area contributed by atoms with Gasteiger partial charge in [0.15, 0.2) is 0 Å². The maximum atomic E-state index is 11.9. The van der Waals surface area contributed by atoms with Crippen LogP contribution in [0.2, 0.25) is 0 Å². The van der Waals surface area contributed by atoms with Gasteiger partial charge in [0, 0.05) is 18.4 Å². The van der Waals surface area contributed by atoms with Gasteiger partial charge in [-0.25, -0.2) is 4.79 Å². The first kappa shape index (κ1) is 13.9. The third-order valence-corrected chi connectivity index (χ3v) is 3.78. The van der Waals surface area contributed by atoms with Gasteiger partial charge in [-0.05, 0) is 20.8 Å². The average Bonchev–Trinajstić information content (AvgIpc) is 2.80. The summed E-state index contributed by atoms with van der Waals surface area (Å²) in [6, 6.07) is 1.57. The highest BCUT2D eigenvalue weighted by Gasteiger charge is 2.43. The summed E-state index contributed by atoms with van der Waals surface area (Å²) in [6.07, 6.45) is 0. The lowest BCUT2D eigenvalue weighted by Gasteiger charge is -2.15. The van der Waals surface area contributed by atoms with Crippen LogP contribution in [-0.4, -0.2) is 39.8 Å². The largest absolute Gasteiger partial charge is 0.360 e. The molecule has 0 bridgehead atoms. The molecule has 0 atom stereocenters. The number of imide groups is 1. The number of carbonyl (C=O) groups is 2. The number of urea groups is 1. The smallest absolute Gasteiger partial charge is 0.325 e. The Hall–Kier alpha value is -1.50. The van der Waals surface area contributed by atoms with E-state index in [1.54, 1.807) is 25.6 Å². The fraction of sp³-hybridized carbons (Fsp3) is 0.583. The molecule has 2 rings (SSSR count). The number of nitrogens with zero attached hydrogens (tertiary/aromatic N) is 2. The molecule has 1 saturated heterocycles. The first-order valence-corrected chi connectivity index (χ1v) is 7.19. The van der Waals surface area contributed by atoms with Gasteiger partial charge in [0.25, 0.3) is 5.91 Å². The first-order chi connectivity index (χ1) is 8.90. The van der Waals surface area contributed by atoms with Crippen molar-refractivity contribution < 1.29 is 14.1 Å². The highest BCUT2D eigenvalue weighted by molar-refractivity contribution is 7.98. The number of carbonyl (C=O) groups excluding carboxylic acids is 2. The summed E-state index contributed by atoms with van der Waals surface area (Å²) >= 11 is 1.60. The summed E-state index contributed by atoms with van der Waals surface area (Å²) in [6.45, 7) is 5.69. The lowest BCUT2D eigenvalue weighted by molar-refractivity contribution is -0.130. The van der Waals surface area contributed by atoms with Crippen LogP contribution in [-0.2, 0) is 10.5 Å². The van der Waals surface area contributed by atoms with E-state index in [0.717, 1.165) is 11.5 Å². The molecule has 1 aromatic rings. The molecule has 1 aromatic heterocycles. The van der Waals surface area contributed by atoms with Crippen LogP contribution < -0.4 is 5.32 Å². The van der Waals surface area contributed by atoms with E-state index in [0.29, 0.717) is 18.1 Å². The Morgan fingerprint density at radius 2 is 2.21 bits per heavy atom. The standard InChI is InChI=1S/C12H17N3O3S/c1-8-6-9(18-14-8)7-19-5-4-15-10(16)12(2,3)13-11(15)17/h6H,4-5,7H2,1-3H3,(H,13,17). The van der Waals surface area contributed by atoms with Crippen LogP contribution in [0, 0.1) is 6.92 Å². The Kier molecular flexibility index (Phi) is 3.84. The minimum atomic E-state index is -0.788. The predicted octanol–water partition coefficient (Wildman–Crippen LogP) is 1.55. The predicted molar refractivity (Wildman–Crippen MR) is 71.7 cm³/mol. The van der Waals surface area contributed by atoms with Gasteiger partial charge >= 0.3 is 6.03 Å². The average molecular weight is 283 g/mol. The molecule has 0 unspecified atom stereocenters. The normalized spacial score (nSPS) is 17.9. The monoisotopic (exact) mass is 283 g/mol. The van der Waals surface area contributed by atoms with E-state index in [2.05, 4.69) is 10.5 Å². The topological polar surface area (TPSA) is 75.4 Å². The highest BCUT2D eigenvalue weighted by Crippen LogP contribution is 2.18. The number of nitrogens with one attached hydrogen (secondary N) is 1. The van der Waals surface area contributed by atoms with E-state index in [1.807, 2.05) is 13.0 Å². The fourth-order valence-electron chi connectivity index (χ4n) is 1.83. The molecule has 1 N–H and O–H groups in total. The number of amides is 3. The van der Waals surface area contributed by atoms with E-state index in [-0.39, 0.29) is 11.9 Å². The van der Waals surface area contributed by atoms with Crippen molar-refractivity contribution in [3.05, 3.63) is 17.5 Å². The quantitative estimate of drug-likeness (QED) is 0.655. The Morgan fingerprint density at radius 3 is 2.74 bits per heavy atom. The van der Waals surface area contributed by atoms with Gasteiger partial charge in [0.1, 0.15) is 11.3 Å². The zero-order chi connectivity index (χ0) is 14.0. The molecule has 0 radical (unpaired) electrons. The number of hydrogen-bond acceptors (Lipinski definition) is 5. The maximum absolute atomic E-state index is 11.9. The van der Waals surface area contributed by atoms with E-state index in [1.165, 1.54) is 4.90 Å². The SMILES string of the molecule is Cc1cc(CSCCN2C(=O)NC(C)(C)C2=O)on1. The second-order valence-corrected chi connectivity index (χ2v) is 6.10. The van der Waals surface area contributed by atoms with Gasteiger partial charge in [-0.15, -0.1) is 0 Å². The van der Waals surface area contributed by atoms with Gasteiger partial charge < -0.3 is 9.84 Å².